The molecule has 0 aliphatic heterocycles. The van der Waals surface area contributed by atoms with E-state index >= 15 is 0 Å². The number of nitrogens with zero attached hydrogens (tertiary/aromatic N) is 3. The predicted octanol–water partition coefficient (Wildman–Crippen LogP) is 1.63. The zero-order valence-corrected chi connectivity index (χ0v) is 10.5. The third-order valence-electron chi connectivity index (χ3n) is 2.91. The van der Waals surface area contributed by atoms with E-state index in [9.17, 15) is 0 Å². The molecule has 0 aliphatic carbocycles. The van der Waals surface area contributed by atoms with Gasteiger partial charge in [-0.2, -0.15) is 5.10 Å². The minimum atomic E-state index is 0.263. The summed E-state index contributed by atoms with van der Waals surface area (Å²) >= 11 is 0. The van der Waals surface area contributed by atoms with Crippen LogP contribution in [0, 0.1) is 6.92 Å². The Bertz CT molecular complexity index is 475. The summed E-state index contributed by atoms with van der Waals surface area (Å²) in [7, 11) is 3.92. The van der Waals surface area contributed by atoms with Gasteiger partial charge in [-0.1, -0.05) is 6.07 Å². The standard InChI is InChI=1S/C13H18N4/c1-10-12(9-17(3)16-10)13(14-2)8-11-6-4-5-7-15-11/h4-7,9,13-14H,8H2,1-3H3. The lowest BCUT2D eigenvalue weighted by Gasteiger charge is -2.14. The Kier molecular flexibility index (Phi) is 3.54. The molecule has 0 fully saturated rings. The molecule has 17 heavy (non-hydrogen) atoms. The first-order valence-corrected chi connectivity index (χ1v) is 5.78. The lowest BCUT2D eigenvalue weighted by Crippen LogP contribution is -2.19. The fourth-order valence-corrected chi connectivity index (χ4v) is 2.06. The molecule has 1 unspecified atom stereocenters. The fraction of sp³-hybridized carbons (Fsp3) is 0.385. The van der Waals surface area contributed by atoms with Crippen LogP contribution in [0.5, 0.6) is 0 Å². The van der Waals surface area contributed by atoms with Gasteiger partial charge in [-0.3, -0.25) is 9.67 Å². The molecule has 0 saturated heterocycles. The van der Waals surface area contributed by atoms with Crippen molar-refractivity contribution in [3.63, 3.8) is 0 Å². The number of aryl methyl sites for hydroxylation is 2. The molecule has 0 aliphatic rings. The van der Waals surface area contributed by atoms with Crippen molar-refractivity contribution in [2.24, 2.45) is 7.05 Å². The quantitative estimate of drug-likeness (QED) is 0.868. The van der Waals surface area contributed by atoms with Crippen LogP contribution in [0.25, 0.3) is 0 Å². The molecule has 0 bridgehead atoms. The first kappa shape index (κ1) is 11.8. The molecule has 4 nitrogen and oxygen atoms in total. The summed E-state index contributed by atoms with van der Waals surface area (Å²) in [6.45, 7) is 2.04. The van der Waals surface area contributed by atoms with Gasteiger partial charge in [0.2, 0.25) is 0 Å². The molecular formula is C13H18N4. The second-order valence-corrected chi connectivity index (χ2v) is 4.21. The molecular weight excluding hydrogens is 212 g/mol. The largest absolute Gasteiger partial charge is 0.313 e. The molecule has 0 spiro atoms. The first-order valence-electron chi connectivity index (χ1n) is 5.78. The highest BCUT2D eigenvalue weighted by Crippen LogP contribution is 2.19. The van der Waals surface area contributed by atoms with Gasteiger partial charge >= 0.3 is 0 Å². The lowest BCUT2D eigenvalue weighted by molar-refractivity contribution is 0.581. The zero-order valence-electron chi connectivity index (χ0n) is 10.5. The normalized spacial score (nSPS) is 12.6. The molecule has 0 amide bonds. The highest BCUT2D eigenvalue weighted by Gasteiger charge is 2.15. The number of likely N-dealkylation sites (N-methyl/N-ethyl adjacent to an activating group) is 1. The van der Waals surface area contributed by atoms with E-state index in [1.54, 1.807) is 0 Å². The topological polar surface area (TPSA) is 42.7 Å². The lowest BCUT2D eigenvalue weighted by atomic mass is 10.0. The Morgan fingerprint density at radius 2 is 2.24 bits per heavy atom. The molecule has 2 aromatic heterocycles. The average molecular weight is 230 g/mol. The highest BCUT2D eigenvalue weighted by molar-refractivity contribution is 5.22. The molecule has 0 saturated carbocycles. The summed E-state index contributed by atoms with van der Waals surface area (Å²) in [5.74, 6) is 0. The minimum Gasteiger partial charge on any atom is -0.313 e. The molecule has 1 atom stereocenters. The number of aromatic nitrogens is 3. The Morgan fingerprint density at radius 1 is 1.41 bits per heavy atom. The molecule has 0 aromatic carbocycles. The van der Waals surface area contributed by atoms with Gasteiger partial charge in [0.1, 0.15) is 0 Å². The van der Waals surface area contributed by atoms with Crippen LogP contribution in [0.2, 0.25) is 0 Å². The van der Waals surface area contributed by atoms with E-state index in [1.165, 1.54) is 5.56 Å². The van der Waals surface area contributed by atoms with Crippen molar-refractivity contribution in [1.29, 1.82) is 0 Å². The maximum Gasteiger partial charge on any atom is 0.0641 e. The summed E-state index contributed by atoms with van der Waals surface area (Å²) in [4.78, 5) is 4.36. The Morgan fingerprint density at radius 3 is 2.76 bits per heavy atom. The number of pyridine rings is 1. The summed E-state index contributed by atoms with van der Waals surface area (Å²) in [5.41, 5.74) is 3.40. The molecule has 2 rings (SSSR count). The molecule has 2 aromatic rings. The van der Waals surface area contributed by atoms with E-state index in [-0.39, 0.29) is 6.04 Å². The van der Waals surface area contributed by atoms with E-state index < -0.39 is 0 Å². The maximum absolute atomic E-state index is 4.38. The smallest absolute Gasteiger partial charge is 0.0641 e. The Labute approximate surface area is 102 Å². The van der Waals surface area contributed by atoms with Gasteiger partial charge in [0.15, 0.2) is 0 Å². The minimum absolute atomic E-state index is 0.263. The zero-order chi connectivity index (χ0) is 12.3. The van der Waals surface area contributed by atoms with Crippen LogP contribution in [0.15, 0.2) is 30.6 Å². The van der Waals surface area contributed by atoms with Gasteiger partial charge in [-0.05, 0) is 26.1 Å². The van der Waals surface area contributed by atoms with Gasteiger partial charge in [0.05, 0.1) is 5.69 Å². The molecule has 2 heterocycles. The van der Waals surface area contributed by atoms with E-state index in [1.807, 2.05) is 44.0 Å². The van der Waals surface area contributed by atoms with Crippen LogP contribution < -0.4 is 5.32 Å². The van der Waals surface area contributed by atoms with Gasteiger partial charge < -0.3 is 5.32 Å². The second kappa shape index (κ2) is 5.10. The number of rotatable bonds is 4. The van der Waals surface area contributed by atoms with E-state index in [2.05, 4.69) is 27.7 Å². The molecule has 1 N–H and O–H groups in total. The van der Waals surface area contributed by atoms with Gasteiger partial charge in [0.25, 0.3) is 0 Å². The van der Waals surface area contributed by atoms with Crippen molar-refractivity contribution in [1.82, 2.24) is 20.1 Å². The number of nitrogens with one attached hydrogen (secondary N) is 1. The maximum atomic E-state index is 4.38. The van der Waals surface area contributed by atoms with Crippen LogP contribution in [-0.2, 0) is 13.5 Å². The van der Waals surface area contributed by atoms with E-state index in [4.69, 9.17) is 0 Å². The van der Waals surface area contributed by atoms with Gasteiger partial charge in [0, 0.05) is 43.2 Å². The van der Waals surface area contributed by atoms with Crippen LogP contribution in [0.3, 0.4) is 0 Å². The van der Waals surface area contributed by atoms with Crippen LogP contribution >= 0.6 is 0 Å². The SMILES string of the molecule is CNC(Cc1ccccn1)c1cn(C)nc1C. The van der Waals surface area contributed by atoms with Crippen LogP contribution in [0.1, 0.15) is 23.0 Å². The molecule has 0 radical (unpaired) electrons. The Hall–Kier alpha value is -1.68. The molecule has 4 heteroatoms. The average Bonchev–Trinajstić information content (AvgIpc) is 2.67. The van der Waals surface area contributed by atoms with Crippen molar-refractivity contribution in [2.45, 2.75) is 19.4 Å². The third-order valence-corrected chi connectivity index (χ3v) is 2.91. The Balaban J connectivity index is 2.20. The summed E-state index contributed by atoms with van der Waals surface area (Å²) in [6.07, 6.45) is 4.78. The van der Waals surface area contributed by atoms with Crippen LogP contribution in [0.4, 0.5) is 0 Å². The summed E-state index contributed by atoms with van der Waals surface area (Å²) in [6, 6.07) is 6.27. The van der Waals surface area contributed by atoms with Crippen molar-refractivity contribution < 1.29 is 0 Å². The van der Waals surface area contributed by atoms with E-state index in [0.717, 1.165) is 17.8 Å². The van der Waals surface area contributed by atoms with Crippen molar-refractivity contribution in [3.8, 4) is 0 Å². The molecule has 90 valence electrons. The summed E-state index contributed by atoms with van der Waals surface area (Å²) < 4.78 is 1.85. The second-order valence-electron chi connectivity index (χ2n) is 4.21. The van der Waals surface area contributed by atoms with Crippen molar-refractivity contribution >= 4 is 0 Å². The number of hydrogen-bond donors (Lipinski definition) is 1. The van der Waals surface area contributed by atoms with Gasteiger partial charge in [-0.25, -0.2) is 0 Å². The summed E-state index contributed by atoms with van der Waals surface area (Å²) in [5, 5.41) is 7.71. The highest BCUT2D eigenvalue weighted by atomic mass is 15.3. The number of hydrogen-bond acceptors (Lipinski definition) is 3. The van der Waals surface area contributed by atoms with Crippen molar-refractivity contribution in [3.05, 3.63) is 47.5 Å². The van der Waals surface area contributed by atoms with Gasteiger partial charge in [-0.15, -0.1) is 0 Å². The van der Waals surface area contributed by atoms with E-state index in [0.29, 0.717) is 0 Å². The van der Waals surface area contributed by atoms with Crippen LogP contribution in [-0.4, -0.2) is 21.8 Å². The van der Waals surface area contributed by atoms with Crippen molar-refractivity contribution in [2.75, 3.05) is 7.05 Å². The fourth-order valence-electron chi connectivity index (χ4n) is 2.06. The predicted molar refractivity (Wildman–Crippen MR) is 67.7 cm³/mol. The monoisotopic (exact) mass is 230 g/mol. The third kappa shape index (κ3) is 2.71. The first-order chi connectivity index (χ1) is 8.20.